The molecule has 0 fully saturated rings. The van der Waals surface area contributed by atoms with E-state index in [9.17, 15) is 9.59 Å². The van der Waals surface area contributed by atoms with E-state index < -0.39 is 5.91 Å². The summed E-state index contributed by atoms with van der Waals surface area (Å²) in [5.41, 5.74) is 6.78. The third-order valence-electron chi connectivity index (χ3n) is 5.78. The highest BCUT2D eigenvalue weighted by molar-refractivity contribution is 6.08. The number of aryl methyl sites for hydroxylation is 1. The van der Waals surface area contributed by atoms with Gasteiger partial charge >= 0.3 is 0 Å². The van der Waals surface area contributed by atoms with Gasteiger partial charge < -0.3 is 4.42 Å². The van der Waals surface area contributed by atoms with Gasteiger partial charge in [0.1, 0.15) is 17.8 Å². The van der Waals surface area contributed by atoms with Crippen LogP contribution in [-0.2, 0) is 0 Å². The number of nitrogens with one attached hydrogen (secondary N) is 1. The Morgan fingerprint density at radius 1 is 0.889 bits per heavy atom. The largest absolute Gasteiger partial charge is 0.457 e. The first-order valence-electron chi connectivity index (χ1n) is 11.2. The zero-order chi connectivity index (χ0) is 25.1. The molecule has 2 N–H and O–H groups in total. The van der Waals surface area contributed by atoms with E-state index in [1.807, 2.05) is 43.3 Å². The minimum absolute atomic E-state index is 0.183. The Hall–Kier alpha value is -4.88. The lowest BCUT2D eigenvalue weighted by atomic mass is 10.0. The number of hydrogen-bond acceptors (Lipinski definition) is 6. The summed E-state index contributed by atoms with van der Waals surface area (Å²) in [5, 5.41) is 9.70. The van der Waals surface area contributed by atoms with Gasteiger partial charge in [-0.2, -0.15) is 0 Å². The first-order chi connectivity index (χ1) is 17.5. The van der Waals surface area contributed by atoms with Crippen LogP contribution in [0.3, 0.4) is 0 Å². The second-order valence-electron chi connectivity index (χ2n) is 8.24. The van der Waals surface area contributed by atoms with Gasteiger partial charge in [-0.25, -0.2) is 15.4 Å². The maximum atomic E-state index is 12.6. The molecule has 7 nitrogen and oxygen atoms in total. The van der Waals surface area contributed by atoms with E-state index in [-0.39, 0.29) is 11.3 Å². The maximum absolute atomic E-state index is 12.6. The second kappa shape index (κ2) is 9.77. The third kappa shape index (κ3) is 4.68. The number of allylic oxidation sites excluding steroid dienone is 1. The minimum Gasteiger partial charge on any atom is -0.457 e. The van der Waals surface area contributed by atoms with Crippen molar-refractivity contribution in [1.82, 2.24) is 15.4 Å². The van der Waals surface area contributed by atoms with Crippen LogP contribution in [0.5, 0.6) is 0 Å². The fourth-order valence-electron chi connectivity index (χ4n) is 3.88. The van der Waals surface area contributed by atoms with E-state index in [1.54, 1.807) is 36.1 Å². The average Bonchev–Trinajstić information content (AvgIpc) is 3.40. The van der Waals surface area contributed by atoms with Crippen molar-refractivity contribution >= 4 is 28.7 Å². The van der Waals surface area contributed by atoms with Crippen LogP contribution in [-0.4, -0.2) is 26.9 Å². The van der Waals surface area contributed by atoms with Gasteiger partial charge in [0.2, 0.25) is 0 Å². The molecule has 0 aliphatic rings. The standard InChI is InChI=1S/C29H21N3O4/c1-18-5-7-19(8-6-18)28-24-16-21(9-12-25(24)30-17-31-28)27-14-11-23(36-27)10-13-26(33)20-3-2-4-22(15-20)29(34)32-35/h2-17,35H,1H3,(H,32,34). The molecule has 2 aromatic heterocycles. The summed E-state index contributed by atoms with van der Waals surface area (Å²) in [4.78, 5) is 33.1. The molecule has 176 valence electrons. The molecule has 7 heteroatoms. The molecule has 0 bridgehead atoms. The highest BCUT2D eigenvalue weighted by Gasteiger charge is 2.11. The van der Waals surface area contributed by atoms with Gasteiger partial charge in [0.15, 0.2) is 5.78 Å². The van der Waals surface area contributed by atoms with E-state index in [1.165, 1.54) is 23.8 Å². The Morgan fingerprint density at radius 3 is 2.47 bits per heavy atom. The molecule has 0 aliphatic carbocycles. The van der Waals surface area contributed by atoms with E-state index in [0.29, 0.717) is 17.1 Å². The summed E-state index contributed by atoms with van der Waals surface area (Å²) >= 11 is 0. The van der Waals surface area contributed by atoms with Gasteiger partial charge in [-0.15, -0.1) is 0 Å². The Morgan fingerprint density at radius 2 is 1.67 bits per heavy atom. The number of ketones is 1. The molecule has 0 atom stereocenters. The van der Waals surface area contributed by atoms with Crippen molar-refractivity contribution < 1.29 is 19.2 Å². The summed E-state index contributed by atoms with van der Waals surface area (Å²) in [6.07, 6.45) is 4.52. The van der Waals surface area contributed by atoms with Crippen LogP contribution >= 0.6 is 0 Å². The van der Waals surface area contributed by atoms with Crippen LogP contribution in [0.2, 0.25) is 0 Å². The molecule has 0 radical (unpaired) electrons. The summed E-state index contributed by atoms with van der Waals surface area (Å²) in [6.45, 7) is 2.04. The maximum Gasteiger partial charge on any atom is 0.274 e. The predicted octanol–water partition coefficient (Wildman–Crippen LogP) is 5.88. The van der Waals surface area contributed by atoms with Crippen LogP contribution < -0.4 is 5.48 Å². The molecule has 3 aromatic carbocycles. The Bertz CT molecular complexity index is 1620. The number of rotatable bonds is 6. The lowest BCUT2D eigenvalue weighted by molar-refractivity contribution is 0.0706. The fourth-order valence-corrected chi connectivity index (χ4v) is 3.88. The van der Waals surface area contributed by atoms with Gasteiger partial charge in [0.25, 0.3) is 5.91 Å². The van der Waals surface area contributed by atoms with Crippen molar-refractivity contribution in [2.45, 2.75) is 6.92 Å². The number of furan rings is 1. The number of carbonyl (C=O) groups excluding carboxylic acids is 2. The molecule has 0 aliphatic heterocycles. The first-order valence-corrected chi connectivity index (χ1v) is 11.2. The summed E-state index contributed by atoms with van der Waals surface area (Å²) in [7, 11) is 0. The van der Waals surface area contributed by atoms with Crippen molar-refractivity contribution in [3.05, 3.63) is 114 Å². The quantitative estimate of drug-likeness (QED) is 0.137. The molecule has 0 saturated carbocycles. The molecular formula is C29H21N3O4. The second-order valence-corrected chi connectivity index (χ2v) is 8.24. The Balaban J connectivity index is 1.41. The predicted molar refractivity (Wildman–Crippen MR) is 136 cm³/mol. The molecule has 0 unspecified atom stereocenters. The van der Waals surface area contributed by atoms with Crippen LogP contribution in [0.4, 0.5) is 0 Å². The lowest BCUT2D eigenvalue weighted by Gasteiger charge is -2.07. The number of nitrogens with zero attached hydrogens (tertiary/aromatic N) is 2. The molecule has 2 heterocycles. The van der Waals surface area contributed by atoms with Gasteiger partial charge in [0.05, 0.1) is 11.2 Å². The number of aromatic nitrogens is 2. The van der Waals surface area contributed by atoms with Crippen LogP contribution in [0.15, 0.2) is 95.7 Å². The van der Waals surface area contributed by atoms with Crippen LogP contribution in [0, 0.1) is 6.92 Å². The van der Waals surface area contributed by atoms with Gasteiger partial charge in [0, 0.05) is 27.6 Å². The first kappa shape index (κ1) is 22.9. The SMILES string of the molecule is Cc1ccc(-c2ncnc3ccc(-c4ccc(C=CC(=O)c5cccc(C(=O)NO)c5)o4)cc23)cc1. The van der Waals surface area contributed by atoms with E-state index in [2.05, 4.69) is 22.1 Å². The monoisotopic (exact) mass is 475 g/mol. The van der Waals surface area contributed by atoms with Crippen molar-refractivity contribution in [2.24, 2.45) is 0 Å². The molecule has 0 spiro atoms. The summed E-state index contributed by atoms with van der Waals surface area (Å²) in [6, 6.07) is 23.8. The number of fused-ring (bicyclic) bond motifs is 1. The molecule has 5 aromatic rings. The summed E-state index contributed by atoms with van der Waals surface area (Å²) < 4.78 is 5.97. The number of hydrogen-bond donors (Lipinski definition) is 2. The summed E-state index contributed by atoms with van der Waals surface area (Å²) in [5.74, 6) is 0.164. The lowest BCUT2D eigenvalue weighted by Crippen LogP contribution is -2.18. The average molecular weight is 476 g/mol. The molecular weight excluding hydrogens is 454 g/mol. The Kier molecular flexibility index (Phi) is 6.21. The third-order valence-corrected chi connectivity index (χ3v) is 5.78. The van der Waals surface area contributed by atoms with Crippen LogP contribution in [0.25, 0.3) is 39.6 Å². The van der Waals surface area contributed by atoms with Gasteiger partial charge in [-0.3, -0.25) is 14.8 Å². The highest BCUT2D eigenvalue weighted by atomic mass is 16.5. The Labute approximate surface area is 206 Å². The molecule has 36 heavy (non-hydrogen) atoms. The van der Waals surface area contributed by atoms with Crippen molar-refractivity contribution in [2.75, 3.05) is 0 Å². The normalized spacial score (nSPS) is 11.2. The van der Waals surface area contributed by atoms with E-state index in [4.69, 9.17) is 9.62 Å². The van der Waals surface area contributed by atoms with Crippen molar-refractivity contribution in [1.29, 1.82) is 0 Å². The topological polar surface area (TPSA) is 105 Å². The van der Waals surface area contributed by atoms with Gasteiger partial charge in [-0.05, 0) is 61.5 Å². The van der Waals surface area contributed by atoms with Gasteiger partial charge in [-0.1, -0.05) is 42.0 Å². The van der Waals surface area contributed by atoms with E-state index in [0.717, 1.165) is 27.7 Å². The number of carbonyl (C=O) groups is 2. The number of amides is 1. The van der Waals surface area contributed by atoms with Crippen molar-refractivity contribution in [3.63, 3.8) is 0 Å². The highest BCUT2D eigenvalue weighted by Crippen LogP contribution is 2.31. The molecule has 0 saturated heterocycles. The smallest absolute Gasteiger partial charge is 0.274 e. The number of benzene rings is 3. The minimum atomic E-state index is -0.685. The molecule has 5 rings (SSSR count). The molecule has 1 amide bonds. The number of hydroxylamine groups is 1. The van der Waals surface area contributed by atoms with Crippen LogP contribution in [0.1, 0.15) is 32.0 Å². The van der Waals surface area contributed by atoms with Crippen molar-refractivity contribution in [3.8, 4) is 22.6 Å². The van der Waals surface area contributed by atoms with E-state index >= 15 is 0 Å². The zero-order valence-electron chi connectivity index (χ0n) is 19.3. The fraction of sp³-hybridized carbons (Fsp3) is 0.0345. The zero-order valence-corrected chi connectivity index (χ0v) is 19.3.